The van der Waals surface area contributed by atoms with Crippen LogP contribution in [-0.2, 0) is 28.7 Å². The van der Waals surface area contributed by atoms with Crippen LogP contribution in [0.2, 0.25) is 0 Å². The molecule has 0 N–H and O–H groups in total. The number of Topliss-reactive ketones (excluding diaryl/α,β-unsaturated/α-hetero) is 2. The van der Waals surface area contributed by atoms with Crippen molar-refractivity contribution in [1.29, 1.82) is 0 Å². The highest BCUT2D eigenvalue weighted by Crippen LogP contribution is 2.39. The van der Waals surface area contributed by atoms with Crippen molar-refractivity contribution in [3.63, 3.8) is 0 Å². The molecule has 1 aliphatic rings. The van der Waals surface area contributed by atoms with Gasteiger partial charge in [-0.3, -0.25) is 14.4 Å². The summed E-state index contributed by atoms with van der Waals surface area (Å²) in [6.07, 6.45) is 3.71. The van der Waals surface area contributed by atoms with Crippen molar-refractivity contribution in [3.8, 4) is 0 Å². The van der Waals surface area contributed by atoms with Gasteiger partial charge in [0.2, 0.25) is 0 Å². The maximum atomic E-state index is 11.2. The fourth-order valence-corrected chi connectivity index (χ4v) is 2.19. The third-order valence-electron chi connectivity index (χ3n) is 3.80. The average Bonchev–Trinajstić information content (AvgIpc) is 3.33. The number of rotatable bonds is 10. The van der Waals surface area contributed by atoms with Gasteiger partial charge in [-0.25, -0.2) is 0 Å². The summed E-state index contributed by atoms with van der Waals surface area (Å²) in [7, 11) is 0. The number of ketones is 2. The molecule has 144 valence electrons. The van der Waals surface area contributed by atoms with Crippen LogP contribution in [0.15, 0.2) is 0 Å². The lowest BCUT2D eigenvalue weighted by atomic mass is 10.1. The Morgan fingerprint density at radius 3 is 2.04 bits per heavy atom. The van der Waals surface area contributed by atoms with Gasteiger partial charge in [0, 0.05) is 12.3 Å². The zero-order chi connectivity index (χ0) is 19.4. The van der Waals surface area contributed by atoms with Crippen LogP contribution in [0.5, 0.6) is 0 Å². The second-order valence-corrected chi connectivity index (χ2v) is 6.56. The molecule has 0 spiro atoms. The summed E-state index contributed by atoms with van der Waals surface area (Å²) in [5, 5.41) is 0. The molecule has 0 amide bonds. The number of hydrogen-bond acceptors (Lipinski definition) is 6. The van der Waals surface area contributed by atoms with E-state index in [1.165, 1.54) is 13.8 Å². The zero-order valence-corrected chi connectivity index (χ0v) is 16.1. The maximum absolute atomic E-state index is 11.2. The molecule has 0 aromatic rings. The van der Waals surface area contributed by atoms with Crippen LogP contribution in [0.3, 0.4) is 0 Å². The highest BCUT2D eigenvalue weighted by atomic mass is 16.5. The molecule has 6 nitrogen and oxygen atoms in total. The maximum Gasteiger partial charge on any atom is 0.309 e. The molecule has 1 rings (SSSR count). The molecule has 0 radical (unpaired) electrons. The lowest BCUT2D eigenvalue weighted by Crippen LogP contribution is -2.17. The SMILES string of the molecule is CCCCOC(=O)[C@H](C)CC(C)=O.CCCOC(=O)[C@@H]1C[C@H]1C(C)=O. The Hall–Kier alpha value is -1.72. The van der Waals surface area contributed by atoms with Gasteiger partial charge in [-0.05, 0) is 33.1 Å². The number of esters is 2. The smallest absolute Gasteiger partial charge is 0.309 e. The predicted molar refractivity (Wildman–Crippen MR) is 93.9 cm³/mol. The summed E-state index contributed by atoms with van der Waals surface area (Å²) in [6, 6.07) is 0. The summed E-state index contributed by atoms with van der Waals surface area (Å²) in [4.78, 5) is 43.8. The second kappa shape index (κ2) is 12.6. The van der Waals surface area contributed by atoms with Crippen molar-refractivity contribution in [2.45, 2.75) is 66.7 Å². The Morgan fingerprint density at radius 2 is 1.60 bits per heavy atom. The number of hydrogen-bond donors (Lipinski definition) is 0. The molecule has 3 atom stereocenters. The van der Waals surface area contributed by atoms with E-state index in [9.17, 15) is 19.2 Å². The minimum atomic E-state index is -0.297. The lowest BCUT2D eigenvalue weighted by molar-refractivity contribution is -0.149. The largest absolute Gasteiger partial charge is 0.465 e. The predicted octanol–water partition coefficient (Wildman–Crippen LogP) is 3.11. The monoisotopic (exact) mass is 356 g/mol. The van der Waals surface area contributed by atoms with E-state index in [4.69, 9.17) is 9.47 Å². The van der Waals surface area contributed by atoms with Crippen molar-refractivity contribution < 1.29 is 28.7 Å². The molecule has 0 saturated heterocycles. The number of ether oxygens (including phenoxy) is 2. The van der Waals surface area contributed by atoms with E-state index >= 15 is 0 Å². The van der Waals surface area contributed by atoms with E-state index in [1.54, 1.807) is 6.92 Å². The fraction of sp³-hybridized carbons (Fsp3) is 0.789. The van der Waals surface area contributed by atoms with E-state index < -0.39 is 0 Å². The van der Waals surface area contributed by atoms with Gasteiger partial charge in [0.15, 0.2) is 0 Å². The third-order valence-corrected chi connectivity index (χ3v) is 3.80. The second-order valence-electron chi connectivity index (χ2n) is 6.56. The first-order valence-corrected chi connectivity index (χ1v) is 9.07. The Labute approximate surface area is 150 Å². The van der Waals surface area contributed by atoms with Gasteiger partial charge in [-0.2, -0.15) is 0 Å². The Kier molecular flexibility index (Phi) is 11.7. The van der Waals surface area contributed by atoms with E-state index in [1.807, 2.05) is 13.8 Å². The number of unbranched alkanes of at least 4 members (excludes halogenated alkanes) is 1. The molecular formula is C19H32O6. The van der Waals surface area contributed by atoms with Gasteiger partial charge in [0.05, 0.1) is 25.0 Å². The van der Waals surface area contributed by atoms with Crippen LogP contribution >= 0.6 is 0 Å². The average molecular weight is 356 g/mol. The van der Waals surface area contributed by atoms with Crippen molar-refractivity contribution in [2.24, 2.45) is 17.8 Å². The third kappa shape index (κ3) is 10.7. The van der Waals surface area contributed by atoms with Gasteiger partial charge >= 0.3 is 11.9 Å². The molecule has 25 heavy (non-hydrogen) atoms. The summed E-state index contributed by atoms with van der Waals surface area (Å²) in [5.41, 5.74) is 0. The molecular weight excluding hydrogens is 324 g/mol. The van der Waals surface area contributed by atoms with E-state index in [0.717, 1.165) is 19.3 Å². The van der Waals surface area contributed by atoms with Gasteiger partial charge in [0.1, 0.15) is 11.6 Å². The van der Waals surface area contributed by atoms with Crippen LogP contribution in [0.4, 0.5) is 0 Å². The molecule has 0 aliphatic heterocycles. The molecule has 0 bridgehead atoms. The minimum Gasteiger partial charge on any atom is -0.465 e. The molecule has 1 aliphatic carbocycles. The number of carbonyl (C=O) groups is 4. The quantitative estimate of drug-likeness (QED) is 0.441. The van der Waals surface area contributed by atoms with Crippen molar-refractivity contribution in [1.82, 2.24) is 0 Å². The van der Waals surface area contributed by atoms with Gasteiger partial charge in [-0.1, -0.05) is 27.2 Å². The molecule has 1 saturated carbocycles. The molecule has 0 heterocycles. The normalized spacial score (nSPS) is 19.1. The Balaban J connectivity index is 0.000000462. The fourth-order valence-electron chi connectivity index (χ4n) is 2.19. The standard InChI is InChI=1S/C10H18O3.C9H14O3/c1-4-5-6-13-10(12)8(2)7-9(3)11;1-3-4-12-9(11)8-5-7(8)6(2)10/h8H,4-7H2,1-3H3;7-8H,3-5H2,1-2H3/t8-;7-,8+/m10/s1. The van der Waals surface area contributed by atoms with E-state index in [2.05, 4.69) is 0 Å². The summed E-state index contributed by atoms with van der Waals surface area (Å²) < 4.78 is 9.86. The first-order valence-electron chi connectivity index (χ1n) is 9.07. The van der Waals surface area contributed by atoms with Crippen molar-refractivity contribution in [2.75, 3.05) is 13.2 Å². The first-order chi connectivity index (χ1) is 11.7. The number of carbonyl (C=O) groups excluding carboxylic acids is 4. The molecule has 6 heteroatoms. The molecule has 0 aromatic carbocycles. The van der Waals surface area contributed by atoms with Crippen LogP contribution < -0.4 is 0 Å². The van der Waals surface area contributed by atoms with E-state index in [-0.39, 0.29) is 47.7 Å². The summed E-state index contributed by atoms with van der Waals surface area (Å²) >= 11 is 0. The van der Waals surface area contributed by atoms with Gasteiger partial charge in [-0.15, -0.1) is 0 Å². The van der Waals surface area contributed by atoms with Crippen LogP contribution in [0.1, 0.15) is 66.7 Å². The molecule has 1 fully saturated rings. The lowest BCUT2D eigenvalue weighted by Gasteiger charge is -2.08. The van der Waals surface area contributed by atoms with Crippen LogP contribution in [0, 0.1) is 17.8 Å². The first kappa shape index (κ1) is 23.3. The van der Waals surface area contributed by atoms with Crippen LogP contribution in [-0.4, -0.2) is 36.7 Å². The minimum absolute atomic E-state index is 0.0277. The summed E-state index contributed by atoms with van der Waals surface area (Å²) in [5.74, 6) is -0.799. The van der Waals surface area contributed by atoms with E-state index in [0.29, 0.717) is 19.6 Å². The molecule has 0 aromatic heterocycles. The van der Waals surface area contributed by atoms with Crippen molar-refractivity contribution in [3.05, 3.63) is 0 Å². The van der Waals surface area contributed by atoms with Gasteiger partial charge < -0.3 is 14.3 Å². The molecule has 0 unspecified atom stereocenters. The Morgan fingerprint density at radius 1 is 0.960 bits per heavy atom. The highest BCUT2D eigenvalue weighted by Gasteiger charge is 2.47. The topological polar surface area (TPSA) is 86.7 Å². The van der Waals surface area contributed by atoms with Crippen molar-refractivity contribution >= 4 is 23.5 Å². The summed E-state index contributed by atoms with van der Waals surface area (Å²) in [6.45, 7) is 9.65. The zero-order valence-electron chi connectivity index (χ0n) is 16.1. The van der Waals surface area contributed by atoms with Gasteiger partial charge in [0.25, 0.3) is 0 Å². The Bertz CT molecular complexity index is 457. The van der Waals surface area contributed by atoms with Crippen LogP contribution in [0.25, 0.3) is 0 Å². The highest BCUT2D eigenvalue weighted by molar-refractivity contribution is 5.90.